The molecule has 0 spiro atoms. The van der Waals surface area contributed by atoms with Crippen molar-refractivity contribution in [2.45, 2.75) is 25.9 Å². The third-order valence-corrected chi connectivity index (χ3v) is 2.69. The third-order valence-electron chi connectivity index (χ3n) is 2.69. The van der Waals surface area contributed by atoms with Gasteiger partial charge in [0.05, 0.1) is 6.20 Å². The van der Waals surface area contributed by atoms with Crippen LogP contribution >= 0.6 is 24.8 Å². The molecule has 1 aromatic rings. The third kappa shape index (κ3) is 6.09. The molecule has 0 aliphatic carbocycles. The van der Waals surface area contributed by atoms with Crippen LogP contribution in [0.5, 0.6) is 5.75 Å². The normalized spacial score (nSPS) is 16.4. The van der Waals surface area contributed by atoms with Crippen LogP contribution in [-0.2, 0) is 11.3 Å². The van der Waals surface area contributed by atoms with E-state index in [2.05, 4.69) is 15.6 Å². The molecule has 1 aromatic heterocycles. The van der Waals surface area contributed by atoms with Crippen LogP contribution in [0.15, 0.2) is 18.5 Å². The van der Waals surface area contributed by atoms with E-state index in [0.717, 1.165) is 17.9 Å². The van der Waals surface area contributed by atoms with E-state index in [4.69, 9.17) is 4.74 Å². The van der Waals surface area contributed by atoms with Crippen molar-refractivity contribution < 1.29 is 9.53 Å². The molecule has 1 fully saturated rings. The molecular formula is C12H19Cl2N3O2. The first-order chi connectivity index (χ1) is 8.24. The average molecular weight is 308 g/mol. The van der Waals surface area contributed by atoms with Crippen molar-refractivity contribution in [3.63, 3.8) is 0 Å². The van der Waals surface area contributed by atoms with Gasteiger partial charge in [0.1, 0.15) is 12.4 Å². The summed E-state index contributed by atoms with van der Waals surface area (Å²) in [5.41, 5.74) is 0.944. The van der Waals surface area contributed by atoms with E-state index < -0.39 is 0 Å². The summed E-state index contributed by atoms with van der Waals surface area (Å²) in [6.45, 7) is 3.73. The minimum atomic E-state index is -0.0463. The number of pyridine rings is 1. The summed E-state index contributed by atoms with van der Waals surface area (Å²) in [5.74, 6) is 0.705. The molecule has 19 heavy (non-hydrogen) atoms. The first-order valence-corrected chi connectivity index (χ1v) is 5.78. The van der Waals surface area contributed by atoms with E-state index in [0.29, 0.717) is 19.2 Å². The molecule has 7 heteroatoms. The molecule has 2 heterocycles. The molecule has 1 aliphatic rings. The van der Waals surface area contributed by atoms with E-state index in [1.165, 1.54) is 13.3 Å². The van der Waals surface area contributed by atoms with Gasteiger partial charge in [-0.3, -0.25) is 9.78 Å². The molecule has 0 bridgehead atoms. The smallest absolute Gasteiger partial charge is 0.217 e. The van der Waals surface area contributed by atoms with Gasteiger partial charge in [0.15, 0.2) is 0 Å². The highest BCUT2D eigenvalue weighted by atomic mass is 35.5. The van der Waals surface area contributed by atoms with Crippen molar-refractivity contribution >= 4 is 30.7 Å². The number of hydrogen-bond donors (Lipinski definition) is 2. The van der Waals surface area contributed by atoms with Gasteiger partial charge >= 0.3 is 0 Å². The van der Waals surface area contributed by atoms with E-state index >= 15 is 0 Å². The maximum absolute atomic E-state index is 10.8. The average Bonchev–Trinajstić information content (AvgIpc) is 2.25. The van der Waals surface area contributed by atoms with Crippen LogP contribution in [0.3, 0.4) is 0 Å². The second-order valence-corrected chi connectivity index (χ2v) is 4.19. The van der Waals surface area contributed by atoms with Crippen LogP contribution in [-0.4, -0.2) is 30.1 Å². The molecule has 1 saturated heterocycles. The predicted octanol–water partition coefficient (Wildman–Crippen LogP) is 1.30. The van der Waals surface area contributed by atoms with Gasteiger partial charge in [-0.15, -0.1) is 24.8 Å². The number of nitrogens with zero attached hydrogens (tertiary/aromatic N) is 1. The van der Waals surface area contributed by atoms with Gasteiger partial charge in [0.25, 0.3) is 0 Å². The quantitative estimate of drug-likeness (QED) is 0.861. The maximum atomic E-state index is 10.8. The highest BCUT2D eigenvalue weighted by molar-refractivity contribution is 5.85. The van der Waals surface area contributed by atoms with E-state index in [9.17, 15) is 4.79 Å². The van der Waals surface area contributed by atoms with Crippen LogP contribution in [0.4, 0.5) is 0 Å². The largest absolute Gasteiger partial charge is 0.490 e. The lowest BCUT2D eigenvalue weighted by Crippen LogP contribution is -2.46. The zero-order valence-corrected chi connectivity index (χ0v) is 12.4. The highest BCUT2D eigenvalue weighted by Gasteiger charge is 2.16. The fraction of sp³-hybridized carbons (Fsp3) is 0.500. The zero-order valence-electron chi connectivity index (χ0n) is 10.7. The van der Waals surface area contributed by atoms with Crippen molar-refractivity contribution in [2.24, 2.45) is 0 Å². The summed E-state index contributed by atoms with van der Waals surface area (Å²) in [6, 6.07) is 2.37. The Hall–Kier alpha value is -1.04. The molecule has 0 aromatic carbocycles. The standard InChI is InChI=1S/C12H17N3O2.2ClH/c1-9(16)15-6-10-4-12(7-13-5-10)17-8-11-2-3-14-11;;/h4-5,7,11,14H,2-3,6,8H2,1H3,(H,15,16);2*1H/t11-;;/m0../s1. The predicted molar refractivity (Wildman–Crippen MR) is 78.2 cm³/mol. The second-order valence-electron chi connectivity index (χ2n) is 4.19. The van der Waals surface area contributed by atoms with Crippen molar-refractivity contribution in [3.8, 4) is 5.75 Å². The molecule has 2 rings (SSSR count). The van der Waals surface area contributed by atoms with Gasteiger partial charge in [0, 0.05) is 25.7 Å². The Morgan fingerprint density at radius 1 is 1.53 bits per heavy atom. The van der Waals surface area contributed by atoms with Crippen LogP contribution in [0.2, 0.25) is 0 Å². The SMILES string of the molecule is CC(=O)NCc1cncc(OC[C@@H]2CCN2)c1.Cl.Cl. The summed E-state index contributed by atoms with van der Waals surface area (Å²) >= 11 is 0. The van der Waals surface area contributed by atoms with Crippen molar-refractivity contribution in [1.29, 1.82) is 0 Å². The molecule has 0 radical (unpaired) electrons. The summed E-state index contributed by atoms with van der Waals surface area (Å²) in [4.78, 5) is 14.9. The van der Waals surface area contributed by atoms with Crippen LogP contribution < -0.4 is 15.4 Å². The van der Waals surface area contributed by atoms with Gasteiger partial charge < -0.3 is 15.4 Å². The van der Waals surface area contributed by atoms with E-state index in [1.807, 2.05) is 6.07 Å². The van der Waals surface area contributed by atoms with Crippen molar-refractivity contribution in [3.05, 3.63) is 24.0 Å². The first-order valence-electron chi connectivity index (χ1n) is 5.78. The number of carbonyl (C=O) groups is 1. The summed E-state index contributed by atoms with van der Waals surface area (Å²) in [6.07, 6.45) is 4.58. The Kier molecular flexibility index (Phi) is 8.47. The number of halogens is 2. The molecule has 108 valence electrons. The zero-order chi connectivity index (χ0) is 12.1. The van der Waals surface area contributed by atoms with E-state index in [1.54, 1.807) is 12.4 Å². The molecule has 1 aliphatic heterocycles. The molecule has 1 amide bonds. The first kappa shape index (κ1) is 18.0. The topological polar surface area (TPSA) is 63.2 Å². The monoisotopic (exact) mass is 307 g/mol. The minimum absolute atomic E-state index is 0. The Morgan fingerprint density at radius 3 is 2.84 bits per heavy atom. The van der Waals surface area contributed by atoms with Gasteiger partial charge in [-0.25, -0.2) is 0 Å². The summed E-state index contributed by atoms with van der Waals surface area (Å²) in [5, 5.41) is 6.00. The Labute approximate surface area is 125 Å². The molecule has 2 N–H and O–H groups in total. The lowest BCUT2D eigenvalue weighted by Gasteiger charge is -2.27. The van der Waals surface area contributed by atoms with Gasteiger partial charge in [-0.2, -0.15) is 0 Å². The fourth-order valence-electron chi connectivity index (χ4n) is 1.55. The maximum Gasteiger partial charge on any atom is 0.217 e. The van der Waals surface area contributed by atoms with E-state index in [-0.39, 0.29) is 30.7 Å². The molecule has 5 nitrogen and oxygen atoms in total. The van der Waals surface area contributed by atoms with Crippen molar-refractivity contribution in [1.82, 2.24) is 15.6 Å². The van der Waals surface area contributed by atoms with Crippen LogP contribution in [0.25, 0.3) is 0 Å². The number of aromatic nitrogens is 1. The number of carbonyl (C=O) groups excluding carboxylic acids is 1. The van der Waals surface area contributed by atoms with Crippen molar-refractivity contribution in [2.75, 3.05) is 13.2 Å². The van der Waals surface area contributed by atoms with Gasteiger partial charge in [0.2, 0.25) is 5.91 Å². The van der Waals surface area contributed by atoms with Gasteiger partial charge in [-0.1, -0.05) is 0 Å². The lowest BCUT2D eigenvalue weighted by molar-refractivity contribution is -0.119. The molecule has 0 saturated carbocycles. The Morgan fingerprint density at radius 2 is 2.26 bits per heavy atom. The second kappa shape index (κ2) is 8.96. The summed E-state index contributed by atoms with van der Waals surface area (Å²) in [7, 11) is 0. The molecule has 0 unspecified atom stereocenters. The number of rotatable bonds is 5. The van der Waals surface area contributed by atoms with Crippen LogP contribution in [0, 0.1) is 0 Å². The Bertz CT molecular complexity index is 400. The minimum Gasteiger partial charge on any atom is -0.490 e. The lowest BCUT2D eigenvalue weighted by atomic mass is 10.1. The molecular weight excluding hydrogens is 289 g/mol. The van der Waals surface area contributed by atoms with Crippen LogP contribution in [0.1, 0.15) is 18.9 Å². The summed E-state index contributed by atoms with van der Waals surface area (Å²) < 4.78 is 5.62. The Balaban J connectivity index is 0.00000162. The number of amides is 1. The van der Waals surface area contributed by atoms with Gasteiger partial charge in [-0.05, 0) is 24.6 Å². The molecule has 1 atom stereocenters. The fourth-order valence-corrected chi connectivity index (χ4v) is 1.55. The number of ether oxygens (including phenoxy) is 1. The number of hydrogen-bond acceptors (Lipinski definition) is 4. The number of nitrogens with one attached hydrogen (secondary N) is 2. The highest BCUT2D eigenvalue weighted by Crippen LogP contribution is 2.13.